The Morgan fingerprint density at radius 3 is 1.72 bits per heavy atom. The lowest BCUT2D eigenvalue weighted by molar-refractivity contribution is 0.669. The molecule has 0 amide bonds. The molecule has 0 N–H and O–H groups in total. The van der Waals surface area contributed by atoms with E-state index in [4.69, 9.17) is 15.4 Å². The second-order valence-electron chi connectivity index (χ2n) is 11.3. The third-order valence-corrected chi connectivity index (χ3v) is 8.71. The third-order valence-electron chi connectivity index (χ3n) is 8.71. The molecule has 1 nitrogen and oxygen atoms in total. The second kappa shape index (κ2) is 10.2. The maximum absolute atomic E-state index is 9.80. The molecular formula is C46H28O. The van der Waals surface area contributed by atoms with Gasteiger partial charge in [0.1, 0.15) is 11.2 Å². The van der Waals surface area contributed by atoms with Gasteiger partial charge in [0, 0.05) is 10.8 Å². The molecule has 1 heteroatoms. The molecular weight excluding hydrogens is 569 g/mol. The minimum Gasteiger partial charge on any atom is -0.456 e. The molecule has 10 aromatic rings. The summed E-state index contributed by atoms with van der Waals surface area (Å²) < 4.78 is 132. The van der Waals surface area contributed by atoms with Crippen LogP contribution in [0.15, 0.2) is 174 Å². The highest BCUT2D eigenvalue weighted by Gasteiger charge is 2.20. The molecule has 0 aliphatic rings. The largest absolute Gasteiger partial charge is 0.456 e. The van der Waals surface area contributed by atoms with Crippen molar-refractivity contribution in [2.45, 2.75) is 0 Å². The van der Waals surface area contributed by atoms with Crippen LogP contribution in [0.1, 0.15) is 19.2 Å². The van der Waals surface area contributed by atoms with E-state index in [0.29, 0.717) is 49.2 Å². The van der Waals surface area contributed by atoms with Gasteiger partial charge in [-0.05, 0) is 101 Å². The molecule has 0 atom stereocenters. The highest BCUT2D eigenvalue weighted by atomic mass is 16.3. The highest BCUT2D eigenvalue weighted by molar-refractivity contribution is 6.24. The van der Waals surface area contributed by atoms with Crippen molar-refractivity contribution in [1.82, 2.24) is 0 Å². The first-order valence-corrected chi connectivity index (χ1v) is 15.1. The Hall–Kier alpha value is -6.18. The summed E-state index contributed by atoms with van der Waals surface area (Å²) in [5.41, 5.74) is 1.49. The molecule has 0 saturated heterocycles. The van der Waals surface area contributed by atoms with Crippen molar-refractivity contribution in [3.05, 3.63) is 170 Å². The van der Waals surface area contributed by atoms with Crippen LogP contribution in [0.25, 0.3) is 98.4 Å². The summed E-state index contributed by atoms with van der Waals surface area (Å²) in [7, 11) is 0. The van der Waals surface area contributed by atoms with E-state index in [2.05, 4.69) is 0 Å². The van der Waals surface area contributed by atoms with Gasteiger partial charge in [-0.2, -0.15) is 0 Å². The molecule has 0 saturated carbocycles. The minimum absolute atomic E-state index is 0.00237. The minimum atomic E-state index is -0.592. The predicted octanol–water partition coefficient (Wildman–Crippen LogP) is 13.2. The molecule has 0 aliphatic carbocycles. The summed E-state index contributed by atoms with van der Waals surface area (Å²) in [5.74, 6) is 0. The topological polar surface area (TPSA) is 13.1 Å². The van der Waals surface area contributed by atoms with E-state index in [0.717, 1.165) is 0 Å². The van der Waals surface area contributed by atoms with Gasteiger partial charge in [-0.25, -0.2) is 0 Å². The summed E-state index contributed by atoms with van der Waals surface area (Å²) in [5, 5.41) is 2.00. The SMILES string of the molecule is [2H]c1cc2c(-c3c4ccccc4c(-c4c([2H])c([2H])c5oc6c([2H])c7c([2H])c([2H])c([2H])c([2H])c7c([2H])c6c5c4[2H])c4ccccc34)c([2H])c([2H])c(-c3ccccc3)c2c([2H])c1[2H]. The van der Waals surface area contributed by atoms with E-state index < -0.39 is 42.3 Å². The van der Waals surface area contributed by atoms with Gasteiger partial charge in [-0.15, -0.1) is 0 Å². The zero-order chi connectivity index (χ0) is 43.1. The Kier molecular flexibility index (Phi) is 3.44. The molecule has 0 fully saturated rings. The summed E-state index contributed by atoms with van der Waals surface area (Å²) in [6.07, 6.45) is 0. The van der Waals surface area contributed by atoms with Gasteiger partial charge in [0.05, 0.1) is 19.2 Å². The molecule has 0 radical (unpaired) electrons. The van der Waals surface area contributed by atoms with Gasteiger partial charge in [-0.3, -0.25) is 0 Å². The van der Waals surface area contributed by atoms with Crippen LogP contribution in [0, 0.1) is 0 Å². The average Bonchev–Trinajstić information content (AvgIpc) is 3.68. The van der Waals surface area contributed by atoms with E-state index in [9.17, 15) is 8.22 Å². The normalized spacial score (nSPS) is 16.0. The highest BCUT2D eigenvalue weighted by Crippen LogP contribution is 2.47. The number of rotatable bonds is 3. The van der Waals surface area contributed by atoms with Crippen LogP contribution in [0.5, 0.6) is 0 Å². The zero-order valence-electron chi connectivity index (χ0n) is 38.5. The molecule has 218 valence electrons. The van der Waals surface area contributed by atoms with Gasteiger partial charge in [0.2, 0.25) is 0 Å². The van der Waals surface area contributed by atoms with Gasteiger partial charge in [0.25, 0.3) is 0 Å². The van der Waals surface area contributed by atoms with E-state index in [1.165, 1.54) is 6.07 Å². The molecule has 0 aliphatic heterocycles. The molecule has 0 bridgehead atoms. The summed E-state index contributed by atoms with van der Waals surface area (Å²) >= 11 is 0. The Bertz CT molecular complexity index is 3580. The van der Waals surface area contributed by atoms with Crippen molar-refractivity contribution in [3.63, 3.8) is 0 Å². The smallest absolute Gasteiger partial charge is 0.136 e. The van der Waals surface area contributed by atoms with Crippen molar-refractivity contribution in [1.29, 1.82) is 0 Å². The summed E-state index contributed by atoms with van der Waals surface area (Å²) in [4.78, 5) is 0. The number of hydrogen-bond acceptors (Lipinski definition) is 1. The van der Waals surface area contributed by atoms with Gasteiger partial charge in [0.15, 0.2) is 0 Å². The van der Waals surface area contributed by atoms with Crippen LogP contribution in [0.2, 0.25) is 0 Å². The Morgan fingerprint density at radius 2 is 0.979 bits per heavy atom. The lowest BCUT2D eigenvalue weighted by Crippen LogP contribution is -1.92. The first-order valence-electron chi connectivity index (χ1n) is 22.1. The number of hydrogen-bond donors (Lipinski definition) is 0. The summed E-state index contributed by atoms with van der Waals surface area (Å²) in [6, 6.07) is 19.3. The quantitative estimate of drug-likeness (QED) is 0.181. The van der Waals surface area contributed by atoms with Crippen molar-refractivity contribution in [2.75, 3.05) is 0 Å². The van der Waals surface area contributed by atoms with E-state index in [-0.39, 0.29) is 91.5 Å². The number of furan rings is 1. The van der Waals surface area contributed by atoms with Crippen molar-refractivity contribution in [3.8, 4) is 33.4 Å². The van der Waals surface area contributed by atoms with E-state index in [1.807, 2.05) is 6.07 Å². The fraction of sp³-hybridized carbons (Fsp3) is 0. The van der Waals surface area contributed by atoms with Gasteiger partial charge in [-0.1, -0.05) is 145 Å². The Balaban J connectivity index is 1.38. The van der Waals surface area contributed by atoms with E-state index in [1.54, 1.807) is 72.8 Å². The van der Waals surface area contributed by atoms with Crippen LogP contribution in [-0.4, -0.2) is 0 Å². The second-order valence-corrected chi connectivity index (χ2v) is 11.3. The lowest BCUT2D eigenvalue weighted by Gasteiger charge is -2.19. The number of fused-ring (bicyclic) bond motifs is 7. The first kappa shape index (κ1) is 15.9. The molecule has 1 aromatic heterocycles. The standard InChI is InChI=1S/C46H28O/c1-2-12-29(13-3-1)33-23-24-40(35-17-7-6-16-34(33)35)46-38-20-10-8-18-36(38)45(37-19-9-11-21-39(37)46)32-22-25-43-41(27-32)42-26-30-14-4-5-15-31(30)28-44(42)47-43/h1-28H/i4D,5D,6D,7D,14D,15D,16D,22D,23D,24D,25D,26D,27D,28D. The van der Waals surface area contributed by atoms with Gasteiger partial charge < -0.3 is 4.42 Å². The molecule has 9 aromatic carbocycles. The monoisotopic (exact) mass is 610 g/mol. The number of benzene rings is 9. The van der Waals surface area contributed by atoms with Crippen LogP contribution in [0.3, 0.4) is 0 Å². The lowest BCUT2D eigenvalue weighted by atomic mass is 9.83. The van der Waals surface area contributed by atoms with Crippen LogP contribution in [-0.2, 0) is 0 Å². The predicted molar refractivity (Wildman–Crippen MR) is 200 cm³/mol. The molecule has 47 heavy (non-hydrogen) atoms. The van der Waals surface area contributed by atoms with Crippen LogP contribution < -0.4 is 0 Å². The zero-order valence-corrected chi connectivity index (χ0v) is 24.5. The molecule has 10 rings (SSSR count). The molecule has 0 unspecified atom stereocenters. The maximum Gasteiger partial charge on any atom is 0.136 e. The average molecular weight is 611 g/mol. The fourth-order valence-corrected chi connectivity index (χ4v) is 6.67. The van der Waals surface area contributed by atoms with Gasteiger partial charge >= 0.3 is 0 Å². The van der Waals surface area contributed by atoms with Crippen molar-refractivity contribution in [2.24, 2.45) is 0 Å². The summed E-state index contributed by atoms with van der Waals surface area (Å²) in [6.45, 7) is 0. The van der Waals surface area contributed by atoms with Crippen molar-refractivity contribution < 1.29 is 23.6 Å². The third kappa shape index (κ3) is 3.97. The Labute approximate surface area is 291 Å². The Morgan fingerprint density at radius 1 is 0.362 bits per heavy atom. The van der Waals surface area contributed by atoms with E-state index >= 15 is 0 Å². The molecule has 1 heterocycles. The van der Waals surface area contributed by atoms with Crippen LogP contribution >= 0.6 is 0 Å². The first-order chi connectivity index (χ1) is 29.2. The maximum atomic E-state index is 9.80. The fourth-order valence-electron chi connectivity index (χ4n) is 6.67. The molecule has 0 spiro atoms. The van der Waals surface area contributed by atoms with Crippen LogP contribution in [0.4, 0.5) is 0 Å². The van der Waals surface area contributed by atoms with Crippen molar-refractivity contribution >= 4 is 65.0 Å².